The Kier molecular flexibility index (Phi) is 6.91. The predicted octanol–water partition coefficient (Wildman–Crippen LogP) is -1.39. The van der Waals surface area contributed by atoms with Crippen LogP contribution < -0.4 is 11.2 Å². The van der Waals surface area contributed by atoms with E-state index in [0.717, 1.165) is 4.57 Å². The van der Waals surface area contributed by atoms with Crippen LogP contribution in [0.4, 0.5) is 0 Å². The molecule has 3 heterocycles. The largest absolute Gasteiger partial charge is 0.490 e. The molecular formula is C12H19N2O15P3. The van der Waals surface area contributed by atoms with Crippen LogP contribution in [0.2, 0.25) is 0 Å². The number of nitrogens with one attached hydrogen (secondary N) is 1. The van der Waals surface area contributed by atoms with Crippen molar-refractivity contribution in [1.29, 1.82) is 0 Å². The lowest BCUT2D eigenvalue weighted by molar-refractivity contribution is -0.141. The SMILES string of the molecule is Cc1cn([C@@H]2O[C@@]3(COP(=O)(O)OP(=O)(O)OP(=O)(O)O)CCO[C@@H]2[C@@H]3O)c(=O)[nH]c1=O. The van der Waals surface area contributed by atoms with E-state index in [9.17, 15) is 38.2 Å². The number of aryl methyl sites for hydroxylation is 1. The van der Waals surface area contributed by atoms with Gasteiger partial charge < -0.3 is 34.2 Å². The average Bonchev–Trinajstić information content (AvgIpc) is 2.75. The molecule has 2 bridgehead atoms. The molecule has 6 N–H and O–H groups in total. The molecule has 3 rings (SSSR count). The highest BCUT2D eigenvalue weighted by molar-refractivity contribution is 7.66. The molecule has 0 saturated carbocycles. The summed E-state index contributed by atoms with van der Waals surface area (Å²) < 4.78 is 58.1. The van der Waals surface area contributed by atoms with Crippen molar-refractivity contribution in [3.05, 3.63) is 32.6 Å². The highest BCUT2D eigenvalue weighted by atomic mass is 31.3. The van der Waals surface area contributed by atoms with E-state index in [0.29, 0.717) is 0 Å². The summed E-state index contributed by atoms with van der Waals surface area (Å²) in [5.41, 5.74) is -3.12. The lowest BCUT2D eigenvalue weighted by atomic mass is 9.90. The molecule has 17 nitrogen and oxygen atoms in total. The molecule has 0 aliphatic carbocycles. The number of aliphatic hydroxyl groups is 1. The Morgan fingerprint density at radius 3 is 2.47 bits per heavy atom. The second-order valence-electron chi connectivity index (χ2n) is 6.95. The molecule has 6 atom stereocenters. The van der Waals surface area contributed by atoms with Crippen molar-refractivity contribution in [2.24, 2.45) is 0 Å². The predicted molar refractivity (Wildman–Crippen MR) is 99.1 cm³/mol. The van der Waals surface area contributed by atoms with Crippen LogP contribution in [0.1, 0.15) is 18.2 Å². The minimum Gasteiger partial charge on any atom is -0.387 e. The zero-order valence-corrected chi connectivity index (χ0v) is 18.7. The Labute approximate surface area is 177 Å². The van der Waals surface area contributed by atoms with Gasteiger partial charge in [0.05, 0.1) is 13.2 Å². The number of rotatable bonds is 8. The van der Waals surface area contributed by atoms with Gasteiger partial charge in [-0.3, -0.25) is 18.9 Å². The van der Waals surface area contributed by atoms with E-state index >= 15 is 0 Å². The molecule has 0 amide bonds. The fourth-order valence-corrected chi connectivity index (χ4v) is 6.33. The van der Waals surface area contributed by atoms with E-state index in [1.807, 2.05) is 0 Å². The van der Waals surface area contributed by atoms with E-state index in [1.54, 1.807) is 0 Å². The van der Waals surface area contributed by atoms with Gasteiger partial charge in [0.1, 0.15) is 17.8 Å². The first-order valence-electron chi connectivity index (χ1n) is 8.62. The quantitative estimate of drug-likeness (QED) is 0.214. The first-order valence-corrected chi connectivity index (χ1v) is 13.1. The summed E-state index contributed by atoms with van der Waals surface area (Å²) in [6, 6.07) is 0. The first-order chi connectivity index (χ1) is 14.5. The molecule has 2 saturated heterocycles. The van der Waals surface area contributed by atoms with Crippen molar-refractivity contribution in [3.63, 3.8) is 0 Å². The number of ether oxygens (including phenoxy) is 2. The number of hydrogen-bond donors (Lipinski definition) is 6. The Morgan fingerprint density at radius 1 is 1.19 bits per heavy atom. The molecule has 0 spiro atoms. The van der Waals surface area contributed by atoms with Gasteiger partial charge >= 0.3 is 29.2 Å². The standard InChI is InChI=1S/C12H19N2O15P3/c1-6-4-14(11(17)13-9(6)16)10-7-8(15)12(27-10,2-3-25-7)5-26-31(21,22)29-32(23,24)28-30(18,19)20/h4,7-8,10,15H,2-3,5H2,1H3,(H,21,22)(H,23,24)(H,13,16,17)(H2,18,19,20)/t7-,8+,10-,12-/m1/s1. The maximum Gasteiger partial charge on any atom is 0.490 e. The van der Waals surface area contributed by atoms with Crippen LogP contribution in [-0.4, -0.2) is 65.3 Å². The van der Waals surface area contributed by atoms with Gasteiger partial charge in [-0.1, -0.05) is 0 Å². The van der Waals surface area contributed by atoms with Crippen molar-refractivity contribution in [2.75, 3.05) is 13.2 Å². The number of nitrogens with zero attached hydrogens (tertiary/aromatic N) is 1. The lowest BCUT2D eigenvalue weighted by Gasteiger charge is -2.35. The summed E-state index contributed by atoms with van der Waals surface area (Å²) in [5, 5.41) is 10.6. The highest BCUT2D eigenvalue weighted by Gasteiger charge is 2.59. The molecule has 2 aliphatic rings. The van der Waals surface area contributed by atoms with Crippen LogP contribution in [-0.2, 0) is 36.3 Å². The topological polar surface area (TPSA) is 253 Å². The van der Waals surface area contributed by atoms with E-state index in [4.69, 9.17) is 19.3 Å². The molecule has 182 valence electrons. The van der Waals surface area contributed by atoms with Crippen molar-refractivity contribution >= 4 is 23.5 Å². The van der Waals surface area contributed by atoms with E-state index in [-0.39, 0.29) is 18.6 Å². The fraction of sp³-hybridized carbons (Fsp3) is 0.667. The summed E-state index contributed by atoms with van der Waals surface area (Å²) in [7, 11) is -16.8. The second-order valence-corrected chi connectivity index (χ2v) is 11.4. The summed E-state index contributed by atoms with van der Waals surface area (Å²) >= 11 is 0. The van der Waals surface area contributed by atoms with Crippen LogP contribution in [0.5, 0.6) is 0 Å². The molecule has 20 heteroatoms. The number of aromatic amines is 1. The minimum atomic E-state index is -5.73. The molecule has 1 aromatic heterocycles. The van der Waals surface area contributed by atoms with Gasteiger partial charge in [0.2, 0.25) is 0 Å². The maximum atomic E-state index is 12.2. The Hall–Kier alpha value is -1.03. The van der Waals surface area contributed by atoms with Crippen LogP contribution >= 0.6 is 23.5 Å². The van der Waals surface area contributed by atoms with Gasteiger partial charge in [0, 0.05) is 18.2 Å². The number of hydrogen-bond acceptors (Lipinski definition) is 11. The number of phosphoric ester groups is 1. The molecule has 2 unspecified atom stereocenters. The van der Waals surface area contributed by atoms with Gasteiger partial charge in [-0.05, 0) is 6.92 Å². The highest BCUT2D eigenvalue weighted by Crippen LogP contribution is 2.66. The third-order valence-electron chi connectivity index (χ3n) is 4.63. The second kappa shape index (κ2) is 8.64. The van der Waals surface area contributed by atoms with Gasteiger partial charge in [0.15, 0.2) is 6.23 Å². The van der Waals surface area contributed by atoms with Crippen molar-refractivity contribution in [2.45, 2.75) is 37.4 Å². The smallest absolute Gasteiger partial charge is 0.387 e. The molecule has 0 aromatic carbocycles. The summed E-state index contributed by atoms with van der Waals surface area (Å²) in [6.07, 6.45) is -2.91. The maximum absolute atomic E-state index is 12.2. The number of fused-ring (bicyclic) bond motifs is 2. The van der Waals surface area contributed by atoms with Gasteiger partial charge in [0.25, 0.3) is 5.56 Å². The van der Waals surface area contributed by atoms with E-state index in [2.05, 4.69) is 18.1 Å². The fourth-order valence-electron chi connectivity index (χ4n) is 3.26. The van der Waals surface area contributed by atoms with Gasteiger partial charge in [-0.15, -0.1) is 0 Å². The normalized spacial score (nSPS) is 31.8. The van der Waals surface area contributed by atoms with Gasteiger partial charge in [-0.2, -0.15) is 8.62 Å². The lowest BCUT2D eigenvalue weighted by Crippen LogP contribution is -2.51. The average molecular weight is 524 g/mol. The zero-order valence-electron chi connectivity index (χ0n) is 16.0. The summed E-state index contributed by atoms with van der Waals surface area (Å²) in [4.78, 5) is 61.8. The summed E-state index contributed by atoms with van der Waals surface area (Å²) in [6.45, 7) is 0.443. The third kappa shape index (κ3) is 5.54. The van der Waals surface area contributed by atoms with Crippen molar-refractivity contribution in [1.82, 2.24) is 9.55 Å². The van der Waals surface area contributed by atoms with Crippen LogP contribution in [0.15, 0.2) is 15.8 Å². The Balaban J connectivity index is 1.80. The molecule has 0 radical (unpaired) electrons. The Bertz CT molecular complexity index is 1140. The number of aliphatic hydroxyl groups excluding tert-OH is 1. The third-order valence-corrected chi connectivity index (χ3v) is 8.41. The molecule has 2 fully saturated rings. The van der Waals surface area contributed by atoms with Crippen LogP contribution in [0, 0.1) is 6.92 Å². The van der Waals surface area contributed by atoms with Crippen molar-refractivity contribution < 1.29 is 61.0 Å². The summed E-state index contributed by atoms with van der Waals surface area (Å²) in [5.74, 6) is 0. The van der Waals surface area contributed by atoms with Crippen molar-refractivity contribution in [3.8, 4) is 0 Å². The van der Waals surface area contributed by atoms with Crippen LogP contribution in [0.3, 0.4) is 0 Å². The minimum absolute atomic E-state index is 0.0466. The number of aromatic nitrogens is 2. The Morgan fingerprint density at radius 2 is 1.84 bits per heavy atom. The monoisotopic (exact) mass is 524 g/mol. The molecule has 32 heavy (non-hydrogen) atoms. The number of H-pyrrole nitrogens is 1. The van der Waals surface area contributed by atoms with Crippen LogP contribution in [0.25, 0.3) is 0 Å². The molecule has 2 aliphatic heterocycles. The number of phosphoric acid groups is 3. The first kappa shape index (κ1) is 25.6. The van der Waals surface area contributed by atoms with E-state index < -0.39 is 65.4 Å². The zero-order chi connectivity index (χ0) is 24.1. The molecular weight excluding hydrogens is 505 g/mol. The van der Waals surface area contributed by atoms with E-state index in [1.165, 1.54) is 13.1 Å². The molecule has 1 aromatic rings. The van der Waals surface area contributed by atoms with Gasteiger partial charge in [-0.25, -0.2) is 18.5 Å².